The fourth-order valence-corrected chi connectivity index (χ4v) is 2.85. The van der Waals surface area contributed by atoms with Gasteiger partial charge in [0.25, 0.3) is 0 Å². The molecule has 0 saturated carbocycles. The first-order valence-corrected chi connectivity index (χ1v) is 8.48. The van der Waals surface area contributed by atoms with Crippen LogP contribution in [0.2, 0.25) is 0 Å². The summed E-state index contributed by atoms with van der Waals surface area (Å²) in [5.41, 5.74) is 0.824. The third kappa shape index (κ3) is 6.55. The molecule has 1 aliphatic heterocycles. The summed E-state index contributed by atoms with van der Waals surface area (Å²) in [7, 11) is 1.65. The predicted molar refractivity (Wildman–Crippen MR) is 95.2 cm³/mol. The number of methoxy groups -OCH3 is 1. The number of thioether (sulfide) groups is 1. The second-order valence-electron chi connectivity index (χ2n) is 5.11. The molecule has 0 aliphatic carbocycles. The van der Waals surface area contributed by atoms with E-state index in [2.05, 4.69) is 15.5 Å². The van der Waals surface area contributed by atoms with E-state index in [0.717, 1.165) is 29.5 Å². The Kier molecular flexibility index (Phi) is 7.42. The van der Waals surface area contributed by atoms with Crippen molar-refractivity contribution in [1.29, 1.82) is 0 Å². The number of nitrogens with one attached hydrogen (secondary N) is 1. The first kappa shape index (κ1) is 18.9. The number of rotatable bonds is 9. The summed E-state index contributed by atoms with van der Waals surface area (Å²) in [6, 6.07) is 7.33. The molecule has 9 heteroatoms. The molecule has 0 aromatic heterocycles. The molecule has 25 heavy (non-hydrogen) atoms. The van der Waals surface area contributed by atoms with Crippen LogP contribution in [0, 0.1) is 0 Å². The van der Waals surface area contributed by atoms with E-state index in [4.69, 9.17) is 14.6 Å². The zero-order valence-electron chi connectivity index (χ0n) is 13.7. The van der Waals surface area contributed by atoms with Gasteiger partial charge < -0.3 is 19.9 Å². The van der Waals surface area contributed by atoms with Gasteiger partial charge in [0.15, 0.2) is 5.17 Å². The molecule has 1 unspecified atom stereocenters. The third-order valence-electron chi connectivity index (χ3n) is 3.13. The van der Waals surface area contributed by atoms with Crippen LogP contribution in [0.1, 0.15) is 18.4 Å². The zero-order valence-corrected chi connectivity index (χ0v) is 14.5. The molecule has 2 N–H and O–H groups in total. The van der Waals surface area contributed by atoms with Crippen molar-refractivity contribution in [2.45, 2.75) is 18.1 Å². The lowest BCUT2D eigenvalue weighted by Gasteiger charge is -2.05. The summed E-state index contributed by atoms with van der Waals surface area (Å²) in [6.45, 7) is 1.25. The van der Waals surface area contributed by atoms with Crippen LogP contribution in [-0.4, -0.2) is 53.9 Å². The van der Waals surface area contributed by atoms with Crippen molar-refractivity contribution >= 4 is 35.0 Å². The van der Waals surface area contributed by atoms with Crippen molar-refractivity contribution in [3.63, 3.8) is 0 Å². The van der Waals surface area contributed by atoms with Crippen LogP contribution in [0.25, 0.3) is 0 Å². The van der Waals surface area contributed by atoms with Gasteiger partial charge in [0, 0.05) is 20.1 Å². The number of amidine groups is 1. The van der Waals surface area contributed by atoms with E-state index in [1.807, 2.05) is 24.3 Å². The molecule has 8 nitrogen and oxygen atoms in total. The van der Waals surface area contributed by atoms with E-state index in [1.165, 1.54) is 0 Å². The highest BCUT2D eigenvalue weighted by Crippen LogP contribution is 2.22. The lowest BCUT2D eigenvalue weighted by molar-refractivity contribution is -0.138. The minimum atomic E-state index is -1.03. The van der Waals surface area contributed by atoms with Crippen molar-refractivity contribution in [2.24, 2.45) is 10.2 Å². The molecular formula is C16H19N3O5S. The van der Waals surface area contributed by atoms with Gasteiger partial charge in [0.05, 0.1) is 19.2 Å². The van der Waals surface area contributed by atoms with Crippen LogP contribution in [0.3, 0.4) is 0 Å². The summed E-state index contributed by atoms with van der Waals surface area (Å²) in [6.07, 6.45) is 2.12. The van der Waals surface area contributed by atoms with E-state index < -0.39 is 11.2 Å². The van der Waals surface area contributed by atoms with E-state index in [9.17, 15) is 9.59 Å². The van der Waals surface area contributed by atoms with Crippen molar-refractivity contribution < 1.29 is 24.2 Å². The van der Waals surface area contributed by atoms with Gasteiger partial charge in [0.1, 0.15) is 11.0 Å². The molecule has 1 aliphatic rings. The van der Waals surface area contributed by atoms with E-state index in [-0.39, 0.29) is 12.3 Å². The number of benzene rings is 1. The Labute approximate surface area is 149 Å². The van der Waals surface area contributed by atoms with Crippen molar-refractivity contribution in [3.8, 4) is 5.75 Å². The third-order valence-corrected chi connectivity index (χ3v) is 4.21. The summed E-state index contributed by atoms with van der Waals surface area (Å²) in [5.74, 6) is -0.632. The average Bonchev–Trinajstić information content (AvgIpc) is 2.92. The molecule has 2 rings (SSSR count). The number of hydrogen-bond acceptors (Lipinski definition) is 7. The minimum absolute atomic E-state index is 0.245. The molecule has 134 valence electrons. The van der Waals surface area contributed by atoms with Gasteiger partial charge in [-0.05, 0) is 29.8 Å². The van der Waals surface area contributed by atoms with Gasteiger partial charge in [-0.1, -0.05) is 11.8 Å². The summed E-state index contributed by atoms with van der Waals surface area (Å²) < 4.78 is 10.5. The zero-order chi connectivity index (χ0) is 18.1. The highest BCUT2D eigenvalue weighted by molar-refractivity contribution is 8.15. The Hall–Kier alpha value is -2.39. The Morgan fingerprint density at radius 1 is 1.36 bits per heavy atom. The number of carboxylic acids is 1. The van der Waals surface area contributed by atoms with Crippen LogP contribution in [-0.2, 0) is 14.3 Å². The molecule has 1 fully saturated rings. The first-order valence-electron chi connectivity index (χ1n) is 7.60. The van der Waals surface area contributed by atoms with Gasteiger partial charge in [-0.3, -0.25) is 9.59 Å². The first-order chi connectivity index (χ1) is 12.1. The number of hydrogen-bond donors (Lipinski definition) is 2. The quantitative estimate of drug-likeness (QED) is 0.390. The van der Waals surface area contributed by atoms with Crippen LogP contribution in [0.5, 0.6) is 5.75 Å². The lowest BCUT2D eigenvalue weighted by Crippen LogP contribution is -2.26. The molecule has 1 aromatic rings. The number of aliphatic carboxylic acids is 1. The maximum Gasteiger partial charge on any atom is 0.305 e. The van der Waals surface area contributed by atoms with Crippen LogP contribution in [0.4, 0.5) is 0 Å². The number of carbonyl (C=O) groups excluding carboxylic acids is 1. The van der Waals surface area contributed by atoms with Crippen molar-refractivity contribution in [2.75, 3.05) is 20.3 Å². The number of carbonyl (C=O) groups is 2. The van der Waals surface area contributed by atoms with Gasteiger partial charge in [-0.25, -0.2) is 0 Å². The lowest BCUT2D eigenvalue weighted by atomic mass is 10.2. The smallest absolute Gasteiger partial charge is 0.305 e. The van der Waals surface area contributed by atoms with Gasteiger partial charge in [-0.2, -0.15) is 5.10 Å². The average molecular weight is 365 g/mol. The number of ether oxygens (including phenoxy) is 2. The summed E-state index contributed by atoms with van der Waals surface area (Å²) >= 11 is 1.06. The van der Waals surface area contributed by atoms with Crippen molar-refractivity contribution in [3.05, 3.63) is 29.8 Å². The summed E-state index contributed by atoms with van der Waals surface area (Å²) in [5, 5.41) is 18.7. The number of carboxylic acid groups (broad SMARTS) is 1. The SMILES string of the molecule is COCCCOc1ccc(C=NN=C2NC(=O)C(CC(=O)O)S2)cc1. The fraction of sp³-hybridized carbons (Fsp3) is 0.375. The Balaban J connectivity index is 1.83. The predicted octanol–water partition coefficient (Wildman–Crippen LogP) is 1.50. The molecule has 1 amide bonds. The van der Waals surface area contributed by atoms with Crippen LogP contribution in [0.15, 0.2) is 34.5 Å². The van der Waals surface area contributed by atoms with E-state index >= 15 is 0 Å². The van der Waals surface area contributed by atoms with E-state index in [0.29, 0.717) is 18.4 Å². The second-order valence-corrected chi connectivity index (χ2v) is 6.30. The maximum atomic E-state index is 11.6. The Bertz CT molecular complexity index is 660. The molecule has 0 bridgehead atoms. The van der Waals surface area contributed by atoms with E-state index in [1.54, 1.807) is 13.3 Å². The normalized spacial score (nSPS) is 18.7. The molecule has 0 radical (unpaired) electrons. The Morgan fingerprint density at radius 3 is 2.80 bits per heavy atom. The summed E-state index contributed by atoms with van der Waals surface area (Å²) in [4.78, 5) is 22.2. The largest absolute Gasteiger partial charge is 0.494 e. The molecule has 1 atom stereocenters. The number of amides is 1. The minimum Gasteiger partial charge on any atom is -0.494 e. The second kappa shape index (κ2) is 9.80. The van der Waals surface area contributed by atoms with Crippen molar-refractivity contribution in [1.82, 2.24) is 5.32 Å². The van der Waals surface area contributed by atoms with Gasteiger partial charge in [-0.15, -0.1) is 5.10 Å². The van der Waals surface area contributed by atoms with Gasteiger partial charge in [0.2, 0.25) is 5.91 Å². The molecule has 1 heterocycles. The molecule has 1 aromatic carbocycles. The molecular weight excluding hydrogens is 346 g/mol. The number of nitrogens with zero attached hydrogens (tertiary/aromatic N) is 2. The van der Waals surface area contributed by atoms with Crippen LogP contribution < -0.4 is 10.1 Å². The highest BCUT2D eigenvalue weighted by Gasteiger charge is 2.32. The highest BCUT2D eigenvalue weighted by atomic mass is 32.2. The maximum absolute atomic E-state index is 11.6. The fourth-order valence-electron chi connectivity index (χ4n) is 1.94. The standard InChI is InChI=1S/C16H19N3O5S/c1-23-7-2-8-24-12-5-3-11(4-6-12)10-17-19-16-18-15(22)13(25-16)9-14(20)21/h3-6,10,13H,2,7-9H2,1H3,(H,20,21)(H,18,19,22). The molecule has 1 saturated heterocycles. The Morgan fingerprint density at radius 2 is 2.12 bits per heavy atom. The topological polar surface area (TPSA) is 110 Å². The molecule has 0 spiro atoms. The van der Waals surface area contributed by atoms with Crippen LogP contribution >= 0.6 is 11.8 Å². The monoisotopic (exact) mass is 365 g/mol. The van der Waals surface area contributed by atoms with Gasteiger partial charge >= 0.3 is 5.97 Å².